The summed E-state index contributed by atoms with van der Waals surface area (Å²) in [5, 5.41) is 0. The summed E-state index contributed by atoms with van der Waals surface area (Å²) < 4.78 is 0. The maximum Gasteiger partial charge on any atom is 0.104 e. The fraction of sp³-hybridized carbons (Fsp3) is 0.818. The van der Waals surface area contributed by atoms with E-state index in [0.717, 1.165) is 0 Å². The minimum atomic E-state index is 0. The van der Waals surface area contributed by atoms with Crippen LogP contribution in [0.5, 0.6) is 0 Å². The molecule has 0 amide bonds. The first-order chi connectivity index (χ1) is 6.93. The number of halogens is 2. The van der Waals surface area contributed by atoms with E-state index in [-0.39, 0.29) is 34.0 Å². The Morgan fingerprint density at radius 2 is 1.38 bits per heavy atom. The van der Waals surface area contributed by atoms with Gasteiger partial charge >= 0.3 is 0 Å². The molecule has 4 rings (SSSR count). The van der Waals surface area contributed by atoms with Crippen molar-refractivity contribution in [3.63, 3.8) is 0 Å². The summed E-state index contributed by atoms with van der Waals surface area (Å²) in [7, 11) is 0. The van der Waals surface area contributed by atoms with Crippen LogP contribution in [0.4, 0.5) is 0 Å². The van der Waals surface area contributed by atoms with Crippen LogP contribution in [-0.4, -0.2) is 60.1 Å². The van der Waals surface area contributed by atoms with Crippen LogP contribution in [0, 0.1) is 0 Å². The summed E-state index contributed by atoms with van der Waals surface area (Å²) in [5.41, 5.74) is 3.48. The fourth-order valence-electron chi connectivity index (χ4n) is 3.65. The van der Waals surface area contributed by atoms with Gasteiger partial charge in [-0.25, -0.2) is 0 Å². The predicted octanol–water partition coefficient (Wildman–Crippen LogP) is 1.46. The van der Waals surface area contributed by atoms with Crippen LogP contribution in [0.15, 0.2) is 11.3 Å². The van der Waals surface area contributed by atoms with Gasteiger partial charge < -0.3 is 4.90 Å². The molecule has 1 unspecified atom stereocenters. The van der Waals surface area contributed by atoms with E-state index >= 15 is 0 Å². The van der Waals surface area contributed by atoms with Gasteiger partial charge in [-0.15, -0.1) is 34.0 Å². The summed E-state index contributed by atoms with van der Waals surface area (Å²) in [6.45, 7) is 7.79. The molecule has 2 saturated heterocycles. The lowest BCUT2D eigenvalue weighted by Crippen LogP contribution is -2.53. The highest BCUT2D eigenvalue weighted by atomic mass is 79.9. The van der Waals surface area contributed by atoms with Gasteiger partial charge in [-0.2, -0.15) is 0 Å². The molecule has 92 valence electrons. The predicted molar refractivity (Wildman–Crippen MR) is 75.4 cm³/mol. The molecule has 0 spiro atoms. The Hall–Kier alpha value is 0.420. The largest absolute Gasteiger partial charge is 0.371 e. The van der Waals surface area contributed by atoms with Crippen molar-refractivity contribution >= 4 is 34.0 Å². The first kappa shape index (κ1) is 12.9. The first-order valence-corrected chi connectivity index (χ1v) is 5.88. The van der Waals surface area contributed by atoms with Crippen molar-refractivity contribution in [3.05, 3.63) is 11.3 Å². The van der Waals surface area contributed by atoms with Gasteiger partial charge in [0.05, 0.1) is 0 Å². The molecule has 2 fully saturated rings. The quantitative estimate of drug-likeness (QED) is 0.653. The van der Waals surface area contributed by atoms with Crippen molar-refractivity contribution < 1.29 is 0 Å². The van der Waals surface area contributed by atoms with Crippen molar-refractivity contribution in [2.24, 2.45) is 0 Å². The summed E-state index contributed by atoms with van der Waals surface area (Å²) in [6.07, 6.45) is 3.39. The van der Waals surface area contributed by atoms with Gasteiger partial charge in [0.1, 0.15) is 6.17 Å². The molecule has 4 aliphatic heterocycles. The molecule has 1 atom stereocenters. The third-order valence-electron chi connectivity index (χ3n) is 4.36. The van der Waals surface area contributed by atoms with E-state index < -0.39 is 0 Å². The Morgan fingerprint density at radius 1 is 0.750 bits per heavy atom. The molecule has 0 aliphatic carbocycles. The van der Waals surface area contributed by atoms with E-state index in [2.05, 4.69) is 14.7 Å². The maximum absolute atomic E-state index is 2.68. The zero-order chi connectivity index (χ0) is 9.12. The highest BCUT2D eigenvalue weighted by molar-refractivity contribution is 8.93. The third kappa shape index (κ3) is 1.59. The zero-order valence-electron chi connectivity index (χ0n) is 9.39. The molecule has 4 aliphatic rings. The van der Waals surface area contributed by atoms with Gasteiger partial charge in [0.25, 0.3) is 0 Å². The van der Waals surface area contributed by atoms with Crippen LogP contribution in [0.25, 0.3) is 0 Å². The fourth-order valence-corrected chi connectivity index (χ4v) is 3.65. The summed E-state index contributed by atoms with van der Waals surface area (Å²) >= 11 is 0. The molecule has 4 heterocycles. The van der Waals surface area contributed by atoms with E-state index in [1.54, 1.807) is 11.3 Å². The number of rotatable bonds is 0. The lowest BCUT2D eigenvalue weighted by molar-refractivity contribution is 0.0864. The lowest BCUT2D eigenvalue weighted by atomic mass is 10.0. The van der Waals surface area contributed by atoms with Crippen LogP contribution in [0.3, 0.4) is 0 Å². The number of hydrogen-bond acceptors (Lipinski definition) is 3. The average Bonchev–Trinajstić information content (AvgIpc) is 2.77. The molecule has 3 nitrogen and oxygen atoms in total. The summed E-state index contributed by atoms with van der Waals surface area (Å²) in [4.78, 5) is 8.00. The maximum atomic E-state index is 2.68. The Morgan fingerprint density at radius 3 is 2.19 bits per heavy atom. The van der Waals surface area contributed by atoms with Crippen molar-refractivity contribution in [1.29, 1.82) is 0 Å². The molecule has 0 aromatic carbocycles. The molecule has 0 radical (unpaired) electrons. The molecule has 0 N–H and O–H groups in total. The monoisotopic (exact) mass is 351 g/mol. The highest BCUT2D eigenvalue weighted by Crippen LogP contribution is 2.39. The molecule has 16 heavy (non-hydrogen) atoms. The van der Waals surface area contributed by atoms with Crippen LogP contribution < -0.4 is 0 Å². The molecular weight excluding hydrogens is 334 g/mol. The molecule has 5 heteroatoms. The average molecular weight is 353 g/mol. The van der Waals surface area contributed by atoms with Crippen LogP contribution in [0.1, 0.15) is 12.8 Å². The van der Waals surface area contributed by atoms with Crippen molar-refractivity contribution in [2.45, 2.75) is 19.0 Å². The number of piperazine rings is 1. The molecular formula is C11H19Br2N3. The second-order valence-corrected chi connectivity index (χ2v) is 4.92. The molecule has 0 aromatic rings. The topological polar surface area (TPSA) is 9.72 Å². The van der Waals surface area contributed by atoms with Crippen LogP contribution in [0.2, 0.25) is 0 Å². The van der Waals surface area contributed by atoms with Gasteiger partial charge in [-0.1, -0.05) is 0 Å². The minimum Gasteiger partial charge on any atom is -0.371 e. The Bertz CT molecular complexity index is 318. The SMILES string of the molecule is Br.Br.C1CN2CCN3CCN4CCC1=C2C43. The van der Waals surface area contributed by atoms with Gasteiger partial charge in [-0.3, -0.25) is 9.80 Å². The molecule has 0 bridgehead atoms. The van der Waals surface area contributed by atoms with Gasteiger partial charge in [0.2, 0.25) is 0 Å². The van der Waals surface area contributed by atoms with Crippen molar-refractivity contribution in [3.8, 4) is 0 Å². The highest BCUT2D eigenvalue weighted by Gasteiger charge is 2.45. The zero-order valence-corrected chi connectivity index (χ0v) is 12.8. The van der Waals surface area contributed by atoms with Crippen molar-refractivity contribution in [2.75, 3.05) is 39.3 Å². The summed E-state index contributed by atoms with van der Waals surface area (Å²) in [6, 6.07) is 0. The Kier molecular flexibility index (Phi) is 3.69. The number of hydrogen-bond donors (Lipinski definition) is 0. The van der Waals surface area contributed by atoms with Crippen molar-refractivity contribution in [1.82, 2.24) is 14.7 Å². The second-order valence-electron chi connectivity index (χ2n) is 4.92. The molecule has 0 saturated carbocycles. The minimum absolute atomic E-state index is 0. The van der Waals surface area contributed by atoms with E-state index in [9.17, 15) is 0 Å². The van der Waals surface area contributed by atoms with Crippen LogP contribution in [-0.2, 0) is 0 Å². The van der Waals surface area contributed by atoms with Gasteiger partial charge in [-0.05, 0) is 18.4 Å². The lowest BCUT2D eigenvalue weighted by Gasteiger charge is -2.43. The Balaban J connectivity index is 0.000000482. The molecule has 0 aromatic heterocycles. The number of nitrogens with zero attached hydrogens (tertiary/aromatic N) is 3. The second kappa shape index (κ2) is 4.59. The van der Waals surface area contributed by atoms with E-state index in [1.165, 1.54) is 52.1 Å². The smallest absolute Gasteiger partial charge is 0.104 e. The van der Waals surface area contributed by atoms with E-state index in [1.807, 2.05) is 0 Å². The van der Waals surface area contributed by atoms with Gasteiger partial charge in [0.15, 0.2) is 0 Å². The standard InChI is InChI=1S/C11H17N3.2BrH/c1-3-12-5-6-14-8-7-13-4-2-9(1)10(12)11(13)14;;/h11H,1-8H2;2*1H. The third-order valence-corrected chi connectivity index (χ3v) is 4.36. The van der Waals surface area contributed by atoms with Gasteiger partial charge in [0, 0.05) is 45.0 Å². The Labute approximate surface area is 118 Å². The first-order valence-electron chi connectivity index (χ1n) is 5.88. The van der Waals surface area contributed by atoms with Crippen LogP contribution >= 0.6 is 34.0 Å². The normalized spacial score (nSPS) is 32.2. The van der Waals surface area contributed by atoms with E-state index in [0.29, 0.717) is 6.17 Å². The van der Waals surface area contributed by atoms with E-state index in [4.69, 9.17) is 0 Å². The summed E-state index contributed by atoms with van der Waals surface area (Å²) in [5.74, 6) is 0.